The van der Waals surface area contributed by atoms with Crippen molar-refractivity contribution in [2.24, 2.45) is 0 Å². The Morgan fingerprint density at radius 1 is 1.03 bits per heavy atom. The molecule has 0 aliphatic carbocycles. The van der Waals surface area contributed by atoms with Gasteiger partial charge in [0.05, 0.1) is 5.52 Å². The maximum Gasteiger partial charge on any atom is 0.411 e. The van der Waals surface area contributed by atoms with Crippen LogP contribution in [-0.2, 0) is 33.3 Å². The molecule has 1 aliphatic heterocycles. The normalized spacial score (nSPS) is 22.1. The summed E-state index contributed by atoms with van der Waals surface area (Å²) in [4.78, 5) is 61.7. The zero-order valence-electron chi connectivity index (χ0n) is 20.4. The molecule has 1 aliphatic rings. The van der Waals surface area contributed by atoms with E-state index in [1.807, 2.05) is 0 Å². The van der Waals surface area contributed by atoms with Gasteiger partial charge in [0.25, 0.3) is 0 Å². The van der Waals surface area contributed by atoms with Crippen LogP contribution in [0.1, 0.15) is 53.1 Å². The van der Waals surface area contributed by atoms with E-state index in [1.165, 1.54) is 32.0 Å². The lowest BCUT2D eigenvalue weighted by Crippen LogP contribution is -2.47. The Morgan fingerprint density at radius 3 is 2.23 bits per heavy atom. The third-order valence-electron chi connectivity index (χ3n) is 5.18. The number of ether oxygens (including phenoxy) is 4. The van der Waals surface area contributed by atoms with Crippen molar-refractivity contribution in [1.29, 1.82) is 0 Å². The number of H-pyrrole nitrogens is 1. The van der Waals surface area contributed by atoms with Gasteiger partial charge in [0.1, 0.15) is 36.1 Å². The lowest BCUT2D eigenvalue weighted by atomic mass is 10.0. The van der Waals surface area contributed by atoms with Crippen LogP contribution in [0.2, 0.25) is 0 Å². The molecule has 0 aromatic carbocycles. The van der Waals surface area contributed by atoms with Crippen molar-refractivity contribution in [1.82, 2.24) is 19.9 Å². The smallest absolute Gasteiger partial charge is 0.411 e. The summed E-state index contributed by atoms with van der Waals surface area (Å²) < 4.78 is 21.9. The number of nitrogen functional groups attached to an aromatic ring is 1. The van der Waals surface area contributed by atoms with Gasteiger partial charge < -0.3 is 29.7 Å². The molecule has 13 nitrogen and oxygen atoms in total. The van der Waals surface area contributed by atoms with E-state index < -0.39 is 53.9 Å². The minimum atomic E-state index is -1.18. The summed E-state index contributed by atoms with van der Waals surface area (Å²) in [5.41, 5.74) is 6.25. The van der Waals surface area contributed by atoms with Crippen LogP contribution in [0.25, 0.3) is 11.0 Å². The standard InChI is InChI=1S/C22H29N5O8/c1-10(28)32-8-14-18(33-11(2)29)19(34-12(3)30)17(27(14)21(31)35-22(4,5)6)13-7-24-16-15(13)25-9-26-20(16)23/h7,9,14,17-19,24H,8H2,1-6H3,(H2,23,25,26)/t14?,17-,18+,19-/m0/s1. The van der Waals surface area contributed by atoms with Crippen LogP contribution in [0.4, 0.5) is 10.6 Å². The second kappa shape index (κ2) is 9.76. The van der Waals surface area contributed by atoms with E-state index in [0.29, 0.717) is 16.6 Å². The summed E-state index contributed by atoms with van der Waals surface area (Å²) in [6.07, 6.45) is -0.365. The summed E-state index contributed by atoms with van der Waals surface area (Å²) in [5, 5.41) is 0. The van der Waals surface area contributed by atoms with Crippen LogP contribution in [-0.4, -0.2) is 74.3 Å². The molecule has 190 valence electrons. The third-order valence-corrected chi connectivity index (χ3v) is 5.18. The average molecular weight is 492 g/mol. The molecule has 3 heterocycles. The number of amides is 1. The molecule has 0 bridgehead atoms. The predicted molar refractivity (Wildman–Crippen MR) is 121 cm³/mol. The van der Waals surface area contributed by atoms with Crippen LogP contribution in [0.5, 0.6) is 0 Å². The van der Waals surface area contributed by atoms with Gasteiger partial charge in [0.2, 0.25) is 0 Å². The maximum atomic E-state index is 13.5. The SMILES string of the molecule is CC(=O)OCC1[C@@H](OC(C)=O)[C@@H](OC(C)=O)[C@H](c2c[nH]c3c(N)ncnc23)N1C(=O)OC(C)(C)C. The molecule has 0 saturated carbocycles. The van der Waals surface area contributed by atoms with Crippen molar-refractivity contribution in [2.75, 3.05) is 12.3 Å². The number of carbonyl (C=O) groups excluding carboxylic acids is 4. The van der Waals surface area contributed by atoms with Crippen LogP contribution in [0, 0.1) is 0 Å². The Balaban J connectivity index is 2.23. The largest absolute Gasteiger partial charge is 0.464 e. The highest BCUT2D eigenvalue weighted by molar-refractivity contribution is 5.88. The number of esters is 3. The zero-order valence-corrected chi connectivity index (χ0v) is 20.4. The Hall–Kier alpha value is -3.90. The lowest BCUT2D eigenvalue weighted by molar-refractivity contribution is -0.165. The van der Waals surface area contributed by atoms with Gasteiger partial charge in [0.15, 0.2) is 18.0 Å². The van der Waals surface area contributed by atoms with E-state index in [0.717, 1.165) is 0 Å². The minimum Gasteiger partial charge on any atom is -0.464 e. The van der Waals surface area contributed by atoms with Crippen molar-refractivity contribution in [2.45, 2.75) is 71.4 Å². The Morgan fingerprint density at radius 2 is 1.66 bits per heavy atom. The fraction of sp³-hybridized carbons (Fsp3) is 0.545. The monoisotopic (exact) mass is 491 g/mol. The molecule has 35 heavy (non-hydrogen) atoms. The Kier molecular flexibility index (Phi) is 7.17. The molecule has 4 atom stereocenters. The fourth-order valence-electron chi connectivity index (χ4n) is 4.05. The summed E-state index contributed by atoms with van der Waals surface area (Å²) in [7, 11) is 0. The molecule has 2 aromatic heterocycles. The quantitative estimate of drug-likeness (QED) is 0.459. The number of likely N-dealkylation sites (tertiary alicyclic amines) is 1. The topological polar surface area (TPSA) is 176 Å². The number of carbonyl (C=O) groups is 4. The molecule has 1 saturated heterocycles. The van der Waals surface area contributed by atoms with Crippen LogP contribution >= 0.6 is 0 Å². The zero-order chi connectivity index (χ0) is 26.1. The second-order valence-electron chi connectivity index (χ2n) is 9.08. The molecule has 13 heteroatoms. The molecule has 0 radical (unpaired) electrons. The number of aromatic amines is 1. The van der Waals surface area contributed by atoms with Gasteiger partial charge >= 0.3 is 24.0 Å². The van der Waals surface area contributed by atoms with Gasteiger partial charge in [-0.1, -0.05) is 0 Å². The van der Waals surface area contributed by atoms with Gasteiger partial charge in [-0.2, -0.15) is 0 Å². The van der Waals surface area contributed by atoms with Crippen molar-refractivity contribution < 1.29 is 38.1 Å². The maximum absolute atomic E-state index is 13.5. The molecule has 2 aromatic rings. The first-order chi connectivity index (χ1) is 16.3. The molecule has 0 spiro atoms. The number of anilines is 1. The van der Waals surface area contributed by atoms with Gasteiger partial charge in [-0.3, -0.25) is 19.3 Å². The first-order valence-corrected chi connectivity index (χ1v) is 10.9. The molecule has 3 rings (SSSR count). The first-order valence-electron chi connectivity index (χ1n) is 10.9. The van der Waals surface area contributed by atoms with E-state index in [9.17, 15) is 19.2 Å². The van der Waals surface area contributed by atoms with Crippen molar-refractivity contribution in [3.05, 3.63) is 18.1 Å². The fourth-order valence-corrected chi connectivity index (χ4v) is 4.05. The van der Waals surface area contributed by atoms with E-state index in [-0.39, 0.29) is 12.4 Å². The number of fused-ring (bicyclic) bond motifs is 1. The highest BCUT2D eigenvalue weighted by atomic mass is 16.6. The van der Waals surface area contributed by atoms with E-state index in [4.69, 9.17) is 24.7 Å². The Labute approximate surface area is 201 Å². The number of hydrogen-bond donors (Lipinski definition) is 2. The van der Waals surface area contributed by atoms with Gasteiger partial charge in [-0.15, -0.1) is 0 Å². The molecular formula is C22H29N5O8. The molecule has 3 N–H and O–H groups in total. The lowest BCUT2D eigenvalue weighted by Gasteiger charge is -2.32. The average Bonchev–Trinajstić information content (AvgIpc) is 3.25. The number of hydrogen-bond acceptors (Lipinski definition) is 11. The molecule has 1 fully saturated rings. The van der Waals surface area contributed by atoms with Crippen LogP contribution in [0.15, 0.2) is 12.5 Å². The summed E-state index contributed by atoms with van der Waals surface area (Å²) in [5.74, 6) is -1.81. The summed E-state index contributed by atoms with van der Waals surface area (Å²) >= 11 is 0. The minimum absolute atomic E-state index is 0.167. The van der Waals surface area contributed by atoms with Crippen molar-refractivity contribution >= 4 is 40.9 Å². The first kappa shape index (κ1) is 25.7. The van der Waals surface area contributed by atoms with E-state index in [1.54, 1.807) is 27.0 Å². The second-order valence-corrected chi connectivity index (χ2v) is 9.08. The van der Waals surface area contributed by atoms with Crippen molar-refractivity contribution in [3.8, 4) is 0 Å². The van der Waals surface area contributed by atoms with Gasteiger partial charge in [-0.25, -0.2) is 14.8 Å². The summed E-state index contributed by atoms with van der Waals surface area (Å²) in [6.45, 7) is 8.28. The van der Waals surface area contributed by atoms with E-state index >= 15 is 0 Å². The highest BCUT2D eigenvalue weighted by Gasteiger charge is 2.57. The summed E-state index contributed by atoms with van der Waals surface area (Å²) in [6, 6.07) is -2.09. The molecule has 1 amide bonds. The number of nitrogens with zero attached hydrogens (tertiary/aromatic N) is 3. The molecule has 1 unspecified atom stereocenters. The third kappa shape index (κ3) is 5.61. The van der Waals surface area contributed by atoms with E-state index in [2.05, 4.69) is 15.0 Å². The Bertz CT molecular complexity index is 1140. The van der Waals surface area contributed by atoms with Gasteiger partial charge in [-0.05, 0) is 20.8 Å². The molecular weight excluding hydrogens is 462 g/mol. The number of aromatic nitrogens is 3. The van der Waals surface area contributed by atoms with Crippen LogP contribution in [0.3, 0.4) is 0 Å². The highest BCUT2D eigenvalue weighted by Crippen LogP contribution is 2.43. The predicted octanol–water partition coefficient (Wildman–Crippen LogP) is 1.63. The number of nitrogens with one attached hydrogen (secondary N) is 1. The number of rotatable bonds is 5. The van der Waals surface area contributed by atoms with Crippen LogP contribution < -0.4 is 5.73 Å². The van der Waals surface area contributed by atoms with Crippen molar-refractivity contribution in [3.63, 3.8) is 0 Å². The number of nitrogens with two attached hydrogens (primary N) is 1. The van der Waals surface area contributed by atoms with Gasteiger partial charge in [0, 0.05) is 32.5 Å².